The van der Waals surface area contributed by atoms with Crippen LogP contribution in [0, 0.1) is 18.3 Å². The van der Waals surface area contributed by atoms with E-state index in [1.54, 1.807) is 4.90 Å². The number of amides is 1. The Balaban J connectivity index is 1.96. The first-order valence-corrected chi connectivity index (χ1v) is 7.98. The Bertz CT molecular complexity index is 576. The zero-order valence-electron chi connectivity index (χ0n) is 14.4. The van der Waals surface area contributed by atoms with Gasteiger partial charge in [0, 0.05) is 26.2 Å². The Morgan fingerprint density at radius 1 is 1.17 bits per heavy atom. The zero-order valence-corrected chi connectivity index (χ0v) is 14.4. The highest BCUT2D eigenvalue weighted by Crippen LogP contribution is 2.22. The third-order valence-corrected chi connectivity index (χ3v) is 3.85. The molecule has 124 valence electrons. The summed E-state index contributed by atoms with van der Waals surface area (Å²) >= 11 is 0. The van der Waals surface area contributed by atoms with Crippen molar-refractivity contribution < 1.29 is 9.53 Å². The molecule has 0 N–H and O–H groups in total. The third kappa shape index (κ3) is 4.70. The maximum absolute atomic E-state index is 12.1. The van der Waals surface area contributed by atoms with Crippen LogP contribution in [-0.4, -0.2) is 47.7 Å². The number of ether oxygens (including phenoxy) is 1. The fraction of sp³-hybridized carbons (Fsp3) is 0.556. The van der Waals surface area contributed by atoms with Crippen LogP contribution in [0.15, 0.2) is 24.3 Å². The van der Waals surface area contributed by atoms with E-state index in [1.807, 2.05) is 52.0 Å². The minimum absolute atomic E-state index is 0.267. The summed E-state index contributed by atoms with van der Waals surface area (Å²) in [6, 6.07) is 10.2. The molecule has 0 saturated carbocycles. The summed E-state index contributed by atoms with van der Waals surface area (Å²) in [7, 11) is 0. The van der Waals surface area contributed by atoms with Crippen molar-refractivity contribution in [3.63, 3.8) is 0 Å². The monoisotopic (exact) mass is 315 g/mol. The van der Waals surface area contributed by atoms with Gasteiger partial charge in [-0.05, 0) is 33.3 Å². The van der Waals surface area contributed by atoms with E-state index in [0.717, 1.165) is 5.56 Å². The van der Waals surface area contributed by atoms with E-state index in [-0.39, 0.29) is 12.1 Å². The maximum atomic E-state index is 12.1. The fourth-order valence-electron chi connectivity index (χ4n) is 2.60. The van der Waals surface area contributed by atoms with Crippen LogP contribution >= 0.6 is 0 Å². The van der Waals surface area contributed by atoms with Gasteiger partial charge in [0.1, 0.15) is 11.6 Å². The van der Waals surface area contributed by atoms with E-state index in [0.29, 0.717) is 26.2 Å². The van der Waals surface area contributed by atoms with Crippen molar-refractivity contribution in [1.29, 1.82) is 5.26 Å². The summed E-state index contributed by atoms with van der Waals surface area (Å²) in [6.07, 6.45) is -0.277. The van der Waals surface area contributed by atoms with Crippen molar-refractivity contribution >= 4 is 6.09 Å². The summed E-state index contributed by atoms with van der Waals surface area (Å²) in [5.74, 6) is 0. The number of nitrogens with zero attached hydrogens (tertiary/aromatic N) is 3. The summed E-state index contributed by atoms with van der Waals surface area (Å²) < 4.78 is 5.40. The molecule has 1 aromatic carbocycles. The lowest BCUT2D eigenvalue weighted by Crippen LogP contribution is -2.50. The number of aryl methyl sites for hydroxylation is 1. The molecular formula is C18H25N3O2. The Kier molecular flexibility index (Phi) is 5.27. The number of piperazine rings is 1. The molecule has 0 bridgehead atoms. The lowest BCUT2D eigenvalue weighted by Gasteiger charge is -2.37. The summed E-state index contributed by atoms with van der Waals surface area (Å²) in [4.78, 5) is 15.9. The predicted molar refractivity (Wildman–Crippen MR) is 88.9 cm³/mol. The second kappa shape index (κ2) is 7.01. The van der Waals surface area contributed by atoms with Crippen molar-refractivity contribution in [3.05, 3.63) is 35.4 Å². The smallest absolute Gasteiger partial charge is 0.410 e. The molecule has 1 aliphatic rings. The highest BCUT2D eigenvalue weighted by Gasteiger charge is 2.29. The lowest BCUT2D eigenvalue weighted by atomic mass is 10.0. The number of benzene rings is 1. The minimum Gasteiger partial charge on any atom is -0.444 e. The van der Waals surface area contributed by atoms with Gasteiger partial charge in [0.2, 0.25) is 0 Å². The molecule has 1 unspecified atom stereocenters. The van der Waals surface area contributed by atoms with Crippen LogP contribution in [0.1, 0.15) is 37.9 Å². The molecule has 0 aliphatic carbocycles. The van der Waals surface area contributed by atoms with Crippen LogP contribution in [0.5, 0.6) is 0 Å². The largest absolute Gasteiger partial charge is 0.444 e. The fourth-order valence-corrected chi connectivity index (χ4v) is 2.60. The van der Waals surface area contributed by atoms with Crippen molar-refractivity contribution in [1.82, 2.24) is 9.80 Å². The normalized spacial score (nSPS) is 17.4. The molecule has 2 rings (SSSR count). The third-order valence-electron chi connectivity index (χ3n) is 3.85. The first kappa shape index (κ1) is 17.3. The topological polar surface area (TPSA) is 56.6 Å². The van der Waals surface area contributed by atoms with E-state index in [2.05, 4.69) is 11.0 Å². The molecule has 5 nitrogen and oxygen atoms in total. The summed E-state index contributed by atoms with van der Waals surface area (Å²) in [6.45, 7) is 10.1. The second-order valence-electron chi connectivity index (χ2n) is 6.95. The number of hydrogen-bond acceptors (Lipinski definition) is 4. The molecule has 1 aliphatic heterocycles. The van der Waals surface area contributed by atoms with Gasteiger partial charge in [0.25, 0.3) is 0 Å². The van der Waals surface area contributed by atoms with Gasteiger partial charge >= 0.3 is 6.09 Å². The van der Waals surface area contributed by atoms with Gasteiger partial charge in [0.05, 0.1) is 6.07 Å². The molecule has 0 radical (unpaired) electrons. The van der Waals surface area contributed by atoms with Crippen LogP contribution in [0.3, 0.4) is 0 Å². The molecule has 1 fully saturated rings. The van der Waals surface area contributed by atoms with Gasteiger partial charge < -0.3 is 9.64 Å². The molecule has 1 saturated heterocycles. The van der Waals surface area contributed by atoms with Crippen molar-refractivity contribution in [2.45, 2.75) is 39.3 Å². The predicted octanol–water partition coefficient (Wildman–Crippen LogP) is 3.11. The van der Waals surface area contributed by atoms with E-state index < -0.39 is 5.60 Å². The lowest BCUT2D eigenvalue weighted by molar-refractivity contribution is 0.0125. The SMILES string of the molecule is Cc1ccc(C(C#N)N2CCN(C(=O)OC(C)(C)C)CC2)cc1. The minimum atomic E-state index is -0.481. The Morgan fingerprint density at radius 3 is 2.22 bits per heavy atom. The van der Waals surface area contributed by atoms with Crippen LogP contribution in [0.25, 0.3) is 0 Å². The van der Waals surface area contributed by atoms with Gasteiger partial charge in [0.15, 0.2) is 0 Å². The summed E-state index contributed by atoms with van der Waals surface area (Å²) in [5, 5.41) is 9.53. The van der Waals surface area contributed by atoms with Gasteiger partial charge in [-0.25, -0.2) is 4.79 Å². The Labute approximate surface area is 138 Å². The highest BCUT2D eigenvalue weighted by atomic mass is 16.6. The van der Waals surface area contributed by atoms with Gasteiger partial charge in [-0.15, -0.1) is 0 Å². The summed E-state index contributed by atoms with van der Waals surface area (Å²) in [5.41, 5.74) is 1.70. The standard InChI is InChI=1S/C18H25N3O2/c1-14-5-7-15(8-6-14)16(13-19)20-9-11-21(12-10-20)17(22)23-18(2,3)4/h5-8,16H,9-12H2,1-4H3. The second-order valence-corrected chi connectivity index (χ2v) is 6.95. The zero-order chi connectivity index (χ0) is 17.0. The van der Waals surface area contributed by atoms with Crippen LogP contribution in [0.4, 0.5) is 4.79 Å². The highest BCUT2D eigenvalue weighted by molar-refractivity contribution is 5.68. The molecule has 23 heavy (non-hydrogen) atoms. The number of nitriles is 1. The number of rotatable bonds is 2. The maximum Gasteiger partial charge on any atom is 0.410 e. The van der Waals surface area contributed by atoms with Gasteiger partial charge in [-0.2, -0.15) is 5.26 Å². The molecule has 0 spiro atoms. The first-order valence-electron chi connectivity index (χ1n) is 7.98. The van der Waals surface area contributed by atoms with Crippen LogP contribution < -0.4 is 0 Å². The average Bonchev–Trinajstić information content (AvgIpc) is 2.49. The Hall–Kier alpha value is -2.06. The van der Waals surface area contributed by atoms with Gasteiger partial charge in [-0.3, -0.25) is 4.90 Å². The number of hydrogen-bond donors (Lipinski definition) is 0. The molecular weight excluding hydrogens is 290 g/mol. The Morgan fingerprint density at radius 2 is 1.74 bits per heavy atom. The molecule has 1 aromatic rings. The quantitative estimate of drug-likeness (QED) is 0.841. The van der Waals surface area contributed by atoms with Gasteiger partial charge in [-0.1, -0.05) is 29.8 Å². The van der Waals surface area contributed by atoms with Crippen molar-refractivity contribution in [3.8, 4) is 6.07 Å². The molecule has 0 aromatic heterocycles. The van der Waals surface area contributed by atoms with Crippen molar-refractivity contribution in [2.24, 2.45) is 0 Å². The number of carbonyl (C=O) groups excluding carboxylic acids is 1. The van der Waals surface area contributed by atoms with E-state index >= 15 is 0 Å². The molecule has 1 amide bonds. The molecule has 1 heterocycles. The first-order chi connectivity index (χ1) is 10.8. The number of carbonyl (C=O) groups is 1. The van der Waals surface area contributed by atoms with E-state index in [9.17, 15) is 10.1 Å². The average molecular weight is 315 g/mol. The van der Waals surface area contributed by atoms with Crippen LogP contribution in [0.2, 0.25) is 0 Å². The van der Waals surface area contributed by atoms with Crippen molar-refractivity contribution in [2.75, 3.05) is 26.2 Å². The molecule has 5 heteroatoms. The van der Waals surface area contributed by atoms with E-state index in [4.69, 9.17) is 4.74 Å². The molecule has 1 atom stereocenters. The van der Waals surface area contributed by atoms with E-state index in [1.165, 1.54) is 5.56 Å². The van der Waals surface area contributed by atoms with Crippen LogP contribution in [-0.2, 0) is 4.74 Å².